The van der Waals surface area contributed by atoms with E-state index in [4.69, 9.17) is 46.7 Å². The number of hydrogen-bond acceptors (Lipinski definition) is 13. The summed E-state index contributed by atoms with van der Waals surface area (Å²) in [6.07, 6.45) is 2.54. The molecule has 2 unspecified atom stereocenters. The number of nitrogens with two attached hydrogens (primary N) is 1. The van der Waals surface area contributed by atoms with Gasteiger partial charge in [0, 0.05) is 55.0 Å². The standard InChI is InChI=1S/C39H46ClF2N7O6S/c1-39(2,3)55-38(52)49-21-7-8-22(49)19-48(18-21)36-25-16-27(40)31(24-9-10-28(41)34-30(24)26(17-43)35(44)56-34)32(42)33(25)45-37(46-36)54-20-23-6-4-12-47(23)13-5-14-53-15-11-29(50)51/h9-10,16,21-23,29,50-51H,4-8,11-15,18-20,44H2,1-3H3/t21?,22?,23-/m0/s1. The number of nitriles is 1. The summed E-state index contributed by atoms with van der Waals surface area (Å²) >= 11 is 7.84. The van der Waals surface area contributed by atoms with Crippen molar-refractivity contribution in [2.24, 2.45) is 0 Å². The third-order valence-electron chi connectivity index (χ3n) is 10.6. The third kappa shape index (κ3) is 8.16. The minimum absolute atomic E-state index is 0.0172. The second-order valence-electron chi connectivity index (χ2n) is 15.6. The topological polar surface area (TPSA) is 171 Å². The Balaban J connectivity index is 1.23. The summed E-state index contributed by atoms with van der Waals surface area (Å²) in [5.41, 5.74) is 5.59. The van der Waals surface area contributed by atoms with Crippen LogP contribution in [-0.4, -0.2) is 112 Å². The highest BCUT2D eigenvalue weighted by Gasteiger charge is 2.45. The Hall–Kier alpha value is -4.11. The van der Waals surface area contributed by atoms with Gasteiger partial charge in [-0.25, -0.2) is 13.6 Å². The van der Waals surface area contributed by atoms with E-state index < -0.39 is 23.5 Å². The van der Waals surface area contributed by atoms with E-state index in [1.165, 1.54) is 12.1 Å². The lowest BCUT2D eigenvalue weighted by Crippen LogP contribution is -2.57. The molecule has 4 aromatic rings. The molecule has 0 spiro atoms. The van der Waals surface area contributed by atoms with Crippen LogP contribution in [0, 0.1) is 23.0 Å². The Morgan fingerprint density at radius 1 is 1.16 bits per heavy atom. The normalized spacial score (nSPS) is 20.1. The van der Waals surface area contributed by atoms with E-state index in [-0.39, 0.29) is 92.2 Å². The lowest BCUT2D eigenvalue weighted by molar-refractivity contribution is -0.0613. The summed E-state index contributed by atoms with van der Waals surface area (Å²) in [7, 11) is 0. The van der Waals surface area contributed by atoms with E-state index in [1.54, 1.807) is 6.07 Å². The molecule has 4 N–H and O–H groups in total. The number of likely N-dealkylation sites (tertiary alicyclic amines) is 1. The lowest BCUT2D eigenvalue weighted by Gasteiger charge is -2.42. The van der Waals surface area contributed by atoms with Gasteiger partial charge in [0.15, 0.2) is 12.1 Å². The first kappa shape index (κ1) is 40.1. The van der Waals surface area contributed by atoms with Gasteiger partial charge in [-0.05, 0) is 77.1 Å². The summed E-state index contributed by atoms with van der Waals surface area (Å²) in [4.78, 5) is 28.9. The average Bonchev–Trinajstić information content (AvgIpc) is 3.81. The Kier molecular flexibility index (Phi) is 11.7. The lowest BCUT2D eigenvalue weighted by atomic mass is 9.97. The van der Waals surface area contributed by atoms with Crippen molar-refractivity contribution in [2.75, 3.05) is 56.6 Å². The molecular formula is C39H46ClF2N7O6S. The number of aliphatic hydroxyl groups is 2. The number of ether oxygens (including phenoxy) is 3. The van der Waals surface area contributed by atoms with Crippen molar-refractivity contribution in [1.82, 2.24) is 19.8 Å². The summed E-state index contributed by atoms with van der Waals surface area (Å²) in [5.74, 6) is -0.961. The van der Waals surface area contributed by atoms with Gasteiger partial charge in [-0.2, -0.15) is 15.2 Å². The molecule has 3 fully saturated rings. The molecule has 3 aliphatic rings. The molecule has 56 heavy (non-hydrogen) atoms. The molecule has 17 heteroatoms. The largest absolute Gasteiger partial charge is 0.462 e. The van der Waals surface area contributed by atoms with Crippen molar-refractivity contribution >= 4 is 60.8 Å². The van der Waals surface area contributed by atoms with Crippen LogP contribution in [0.3, 0.4) is 0 Å². The van der Waals surface area contributed by atoms with E-state index in [0.717, 1.165) is 56.5 Å². The number of fused-ring (bicyclic) bond motifs is 4. The highest BCUT2D eigenvalue weighted by molar-refractivity contribution is 7.23. The van der Waals surface area contributed by atoms with Gasteiger partial charge < -0.3 is 35.1 Å². The van der Waals surface area contributed by atoms with Crippen LogP contribution < -0.4 is 15.4 Å². The number of aliphatic hydroxyl groups excluding tert-OH is 1. The van der Waals surface area contributed by atoms with Crippen LogP contribution in [0.5, 0.6) is 6.01 Å². The molecule has 5 heterocycles. The second-order valence-corrected chi connectivity index (χ2v) is 17.0. The average molecular weight is 814 g/mol. The van der Waals surface area contributed by atoms with Crippen molar-refractivity contribution < 1.29 is 38.0 Å². The van der Waals surface area contributed by atoms with Gasteiger partial charge in [0.2, 0.25) is 0 Å². The molecule has 13 nitrogen and oxygen atoms in total. The fourth-order valence-electron chi connectivity index (χ4n) is 8.12. The number of nitrogen functional groups attached to an aromatic ring is 1. The summed E-state index contributed by atoms with van der Waals surface area (Å²) in [6, 6.07) is 5.92. The van der Waals surface area contributed by atoms with Gasteiger partial charge in [-0.3, -0.25) is 9.80 Å². The number of anilines is 2. The number of hydrogen-bond donors (Lipinski definition) is 3. The van der Waals surface area contributed by atoms with E-state index >= 15 is 8.78 Å². The van der Waals surface area contributed by atoms with Crippen LogP contribution in [0.2, 0.25) is 5.02 Å². The number of carbonyl (C=O) groups excluding carboxylic acids is 1. The van der Waals surface area contributed by atoms with Crippen molar-refractivity contribution in [3.63, 3.8) is 0 Å². The SMILES string of the molecule is CC(C)(C)OC(=O)N1C2CCC1CN(c1nc(OC[C@@H]3CCCN3CCCOCCC(O)O)nc3c(F)c(-c4ccc(F)c5sc(N)c(C#N)c45)c(Cl)cc13)C2. The number of benzene rings is 2. The number of aromatic nitrogens is 2. The monoisotopic (exact) mass is 813 g/mol. The highest BCUT2D eigenvalue weighted by Crippen LogP contribution is 2.46. The van der Waals surface area contributed by atoms with Crippen molar-refractivity contribution in [2.45, 2.75) is 89.3 Å². The molecule has 3 atom stereocenters. The minimum Gasteiger partial charge on any atom is -0.462 e. The molecule has 3 saturated heterocycles. The van der Waals surface area contributed by atoms with Crippen LogP contribution in [-0.2, 0) is 9.47 Å². The van der Waals surface area contributed by atoms with Crippen LogP contribution >= 0.6 is 22.9 Å². The number of thiophene rings is 1. The van der Waals surface area contributed by atoms with Crippen molar-refractivity contribution in [3.8, 4) is 23.2 Å². The zero-order chi connectivity index (χ0) is 39.9. The first-order valence-corrected chi connectivity index (χ1v) is 20.1. The molecule has 7 rings (SSSR count). The molecule has 2 bridgehead atoms. The molecular weight excluding hydrogens is 768 g/mol. The molecule has 0 aliphatic carbocycles. The van der Waals surface area contributed by atoms with E-state index in [0.29, 0.717) is 30.9 Å². The molecule has 2 aromatic carbocycles. The number of nitrogens with zero attached hydrogens (tertiary/aromatic N) is 6. The first-order chi connectivity index (χ1) is 26.7. The Labute approximate surface area is 332 Å². The van der Waals surface area contributed by atoms with Gasteiger partial charge in [0.25, 0.3) is 0 Å². The number of rotatable bonds is 12. The predicted octanol–water partition coefficient (Wildman–Crippen LogP) is 6.44. The molecule has 2 aromatic heterocycles. The van der Waals surface area contributed by atoms with Crippen LogP contribution in [0.4, 0.5) is 24.4 Å². The summed E-state index contributed by atoms with van der Waals surface area (Å²) in [6.45, 7) is 8.96. The predicted molar refractivity (Wildman–Crippen MR) is 210 cm³/mol. The zero-order valence-corrected chi connectivity index (χ0v) is 33.1. The minimum atomic E-state index is -1.39. The Bertz CT molecular complexity index is 2150. The van der Waals surface area contributed by atoms with Gasteiger partial charge in [-0.1, -0.05) is 17.7 Å². The fourth-order valence-corrected chi connectivity index (χ4v) is 9.36. The van der Waals surface area contributed by atoms with E-state index in [2.05, 4.69) is 9.88 Å². The molecule has 0 saturated carbocycles. The molecule has 0 radical (unpaired) electrons. The maximum absolute atomic E-state index is 17.2. The number of carbonyl (C=O) groups is 1. The zero-order valence-electron chi connectivity index (χ0n) is 31.6. The van der Waals surface area contributed by atoms with Gasteiger partial charge in [0.05, 0.1) is 34.0 Å². The van der Waals surface area contributed by atoms with Gasteiger partial charge >= 0.3 is 12.1 Å². The molecule has 300 valence electrons. The second kappa shape index (κ2) is 16.4. The van der Waals surface area contributed by atoms with Crippen LogP contribution in [0.15, 0.2) is 18.2 Å². The summed E-state index contributed by atoms with van der Waals surface area (Å²) in [5, 5.41) is 28.7. The molecule has 3 aliphatic heterocycles. The first-order valence-electron chi connectivity index (χ1n) is 18.9. The van der Waals surface area contributed by atoms with Gasteiger partial charge in [-0.15, -0.1) is 11.3 Å². The van der Waals surface area contributed by atoms with Gasteiger partial charge in [0.1, 0.15) is 40.4 Å². The highest BCUT2D eigenvalue weighted by atomic mass is 35.5. The number of halogens is 3. The quantitative estimate of drug-likeness (QED) is 0.106. The van der Waals surface area contributed by atoms with Crippen LogP contribution in [0.25, 0.3) is 32.1 Å². The smallest absolute Gasteiger partial charge is 0.410 e. The Morgan fingerprint density at radius 2 is 1.91 bits per heavy atom. The summed E-state index contributed by atoms with van der Waals surface area (Å²) < 4.78 is 49.9. The van der Waals surface area contributed by atoms with Crippen LogP contribution in [0.1, 0.15) is 64.9 Å². The Morgan fingerprint density at radius 3 is 2.61 bits per heavy atom. The van der Waals surface area contributed by atoms with Crippen molar-refractivity contribution in [3.05, 3.63) is 40.4 Å². The maximum atomic E-state index is 17.2. The number of amides is 1. The molecule has 1 amide bonds. The fraction of sp³-hybridized carbons (Fsp3) is 0.538. The van der Waals surface area contributed by atoms with E-state index in [9.17, 15) is 10.1 Å². The number of piperazine rings is 1. The van der Waals surface area contributed by atoms with Crippen molar-refractivity contribution in [1.29, 1.82) is 5.26 Å². The van der Waals surface area contributed by atoms with E-state index in [1.807, 2.05) is 36.6 Å². The third-order valence-corrected chi connectivity index (χ3v) is 11.9. The maximum Gasteiger partial charge on any atom is 0.410 e.